The van der Waals surface area contributed by atoms with Gasteiger partial charge in [-0.2, -0.15) is 0 Å². The van der Waals surface area contributed by atoms with Crippen LogP contribution in [0.5, 0.6) is 11.5 Å². The Labute approximate surface area is 181 Å². The number of amides is 2. The fourth-order valence-corrected chi connectivity index (χ4v) is 4.97. The minimum Gasteiger partial charge on any atom is -0.490 e. The monoisotopic (exact) mass is 454 g/mol. The average molecular weight is 455 g/mol. The number of benzene rings is 1. The number of hydrogen-bond acceptors (Lipinski definition) is 9. The van der Waals surface area contributed by atoms with Crippen LogP contribution in [0, 0.1) is 0 Å². The van der Waals surface area contributed by atoms with Crippen LogP contribution < -0.4 is 20.1 Å². The molecule has 0 fully saturated rings. The molecule has 1 aliphatic heterocycles. The number of fused-ring (bicyclic) bond motifs is 1. The van der Waals surface area contributed by atoms with Gasteiger partial charge in [0.15, 0.2) is 20.2 Å². The number of nitrogens with zero attached hydrogens (tertiary/aromatic N) is 2. The van der Waals surface area contributed by atoms with E-state index in [1.807, 2.05) is 6.92 Å². The van der Waals surface area contributed by atoms with Crippen molar-refractivity contribution in [2.75, 3.05) is 36.6 Å². The summed E-state index contributed by atoms with van der Waals surface area (Å²) in [4.78, 5) is 23.9. The third kappa shape index (κ3) is 7.09. The minimum absolute atomic E-state index is 0.0178. The maximum absolute atomic E-state index is 12.2. The summed E-state index contributed by atoms with van der Waals surface area (Å²) in [6.45, 7) is 3.90. The Morgan fingerprint density at radius 3 is 2.48 bits per heavy atom. The molecule has 0 spiro atoms. The van der Waals surface area contributed by atoms with E-state index in [0.29, 0.717) is 51.4 Å². The van der Waals surface area contributed by atoms with Crippen LogP contribution >= 0.6 is 34.9 Å². The van der Waals surface area contributed by atoms with Crippen molar-refractivity contribution >= 4 is 52.4 Å². The van der Waals surface area contributed by atoms with Crippen LogP contribution in [0.1, 0.15) is 19.8 Å². The predicted octanol–water partition coefficient (Wildman–Crippen LogP) is 3.05. The van der Waals surface area contributed by atoms with E-state index in [1.165, 1.54) is 34.9 Å². The van der Waals surface area contributed by atoms with E-state index in [9.17, 15) is 9.59 Å². The molecule has 156 valence electrons. The molecule has 1 aromatic heterocycles. The second-order valence-corrected chi connectivity index (χ2v) is 9.44. The highest BCUT2D eigenvalue weighted by Gasteiger charge is 2.13. The van der Waals surface area contributed by atoms with Crippen molar-refractivity contribution in [1.82, 2.24) is 15.5 Å². The minimum atomic E-state index is -0.146. The molecule has 0 radical (unpaired) electrons. The van der Waals surface area contributed by atoms with Crippen LogP contribution in [0.4, 0.5) is 5.69 Å². The van der Waals surface area contributed by atoms with Crippen molar-refractivity contribution in [2.45, 2.75) is 28.4 Å². The van der Waals surface area contributed by atoms with Crippen molar-refractivity contribution in [3.05, 3.63) is 18.2 Å². The van der Waals surface area contributed by atoms with Crippen LogP contribution in [0.15, 0.2) is 26.9 Å². The molecule has 8 nitrogen and oxygen atoms in total. The first-order valence-electron chi connectivity index (χ1n) is 9.19. The first kappa shape index (κ1) is 21.7. The van der Waals surface area contributed by atoms with Crippen LogP contribution in [0.2, 0.25) is 0 Å². The number of nitrogens with one attached hydrogen (secondary N) is 2. The van der Waals surface area contributed by atoms with Crippen LogP contribution in [-0.4, -0.2) is 53.3 Å². The van der Waals surface area contributed by atoms with Gasteiger partial charge in [0.2, 0.25) is 11.8 Å². The predicted molar refractivity (Wildman–Crippen MR) is 115 cm³/mol. The Kier molecular flexibility index (Phi) is 8.44. The van der Waals surface area contributed by atoms with Gasteiger partial charge in [-0.25, -0.2) is 0 Å². The van der Waals surface area contributed by atoms with Crippen molar-refractivity contribution in [3.8, 4) is 11.5 Å². The number of anilines is 1. The normalized spacial score (nSPS) is 12.9. The third-order valence-corrected chi connectivity index (χ3v) is 6.83. The number of thioether (sulfide) groups is 2. The summed E-state index contributed by atoms with van der Waals surface area (Å²) in [7, 11) is 0. The number of ether oxygens (including phenoxy) is 2. The zero-order valence-corrected chi connectivity index (χ0v) is 18.4. The lowest BCUT2D eigenvalue weighted by atomic mass is 10.2. The molecule has 2 heterocycles. The number of aromatic nitrogens is 2. The van der Waals surface area contributed by atoms with E-state index in [0.717, 1.165) is 12.8 Å². The van der Waals surface area contributed by atoms with Crippen molar-refractivity contribution in [2.24, 2.45) is 0 Å². The van der Waals surface area contributed by atoms with Gasteiger partial charge in [0.05, 0.1) is 24.7 Å². The molecule has 29 heavy (non-hydrogen) atoms. The van der Waals surface area contributed by atoms with Gasteiger partial charge in [-0.05, 0) is 18.6 Å². The lowest BCUT2D eigenvalue weighted by Crippen LogP contribution is -2.25. The molecule has 11 heteroatoms. The van der Waals surface area contributed by atoms with Gasteiger partial charge in [-0.15, -0.1) is 10.2 Å². The quantitative estimate of drug-likeness (QED) is 0.558. The summed E-state index contributed by atoms with van der Waals surface area (Å²) in [5.74, 6) is 1.69. The number of hydrogen-bond donors (Lipinski definition) is 2. The highest BCUT2D eigenvalue weighted by molar-refractivity contribution is 8.03. The Hall–Kier alpha value is -1.98. The van der Waals surface area contributed by atoms with Gasteiger partial charge in [-0.1, -0.05) is 41.8 Å². The molecule has 2 aromatic rings. The molecule has 3 rings (SSSR count). The smallest absolute Gasteiger partial charge is 0.234 e. The summed E-state index contributed by atoms with van der Waals surface area (Å²) in [6.07, 6.45) is 1.74. The highest BCUT2D eigenvalue weighted by atomic mass is 32.2. The van der Waals surface area contributed by atoms with Gasteiger partial charge in [0, 0.05) is 24.7 Å². The second kappa shape index (κ2) is 11.3. The largest absolute Gasteiger partial charge is 0.490 e. The van der Waals surface area contributed by atoms with Gasteiger partial charge >= 0.3 is 0 Å². The summed E-state index contributed by atoms with van der Waals surface area (Å²) >= 11 is 4.03. The molecule has 0 saturated heterocycles. The van der Waals surface area contributed by atoms with E-state index in [1.54, 1.807) is 18.2 Å². The molecule has 2 amide bonds. The van der Waals surface area contributed by atoms with Crippen molar-refractivity contribution in [3.63, 3.8) is 0 Å². The molecule has 0 aliphatic carbocycles. The van der Waals surface area contributed by atoms with E-state index < -0.39 is 0 Å². The first-order valence-corrected chi connectivity index (χ1v) is 12.0. The van der Waals surface area contributed by atoms with Crippen LogP contribution in [0.25, 0.3) is 0 Å². The summed E-state index contributed by atoms with van der Waals surface area (Å²) in [6, 6.07) is 5.36. The SMILES string of the molecule is CCCNC(=O)CSc1nnc(SCC(=O)Nc2ccc3c(c2)OCCCO3)s1. The number of carbonyl (C=O) groups is 2. The second-order valence-electron chi connectivity index (χ2n) is 6.02. The molecule has 0 saturated carbocycles. The van der Waals surface area contributed by atoms with Crippen LogP contribution in [-0.2, 0) is 9.59 Å². The Morgan fingerprint density at radius 1 is 1.07 bits per heavy atom. The third-order valence-electron chi connectivity index (χ3n) is 3.64. The first-order chi connectivity index (χ1) is 14.1. The molecule has 2 N–H and O–H groups in total. The number of rotatable bonds is 9. The summed E-state index contributed by atoms with van der Waals surface area (Å²) in [5, 5.41) is 13.8. The zero-order chi connectivity index (χ0) is 20.5. The summed E-state index contributed by atoms with van der Waals surface area (Å²) < 4.78 is 12.6. The standard InChI is InChI=1S/C18H22N4O4S3/c1-2-6-19-15(23)10-27-17-21-22-18(29-17)28-11-16(24)20-12-4-5-13-14(9-12)26-8-3-7-25-13/h4-5,9H,2-3,6-8,10-11H2,1H3,(H,19,23)(H,20,24). The van der Waals surface area contributed by atoms with Crippen molar-refractivity contribution < 1.29 is 19.1 Å². The molecule has 0 atom stereocenters. The zero-order valence-electron chi connectivity index (χ0n) is 15.9. The Bertz CT molecular complexity index is 846. The summed E-state index contributed by atoms with van der Waals surface area (Å²) in [5.41, 5.74) is 0.659. The molecule has 0 bridgehead atoms. The van der Waals surface area contributed by atoms with Gasteiger partial charge < -0.3 is 20.1 Å². The van der Waals surface area contributed by atoms with Crippen molar-refractivity contribution in [1.29, 1.82) is 0 Å². The molecule has 1 aliphatic rings. The molecular formula is C18H22N4O4S3. The van der Waals surface area contributed by atoms with E-state index >= 15 is 0 Å². The highest BCUT2D eigenvalue weighted by Crippen LogP contribution is 2.32. The molecule has 1 aromatic carbocycles. The van der Waals surface area contributed by atoms with Gasteiger partial charge in [0.25, 0.3) is 0 Å². The van der Waals surface area contributed by atoms with E-state index in [2.05, 4.69) is 20.8 Å². The van der Waals surface area contributed by atoms with Gasteiger partial charge in [-0.3, -0.25) is 9.59 Å². The van der Waals surface area contributed by atoms with E-state index in [4.69, 9.17) is 9.47 Å². The maximum Gasteiger partial charge on any atom is 0.234 e. The van der Waals surface area contributed by atoms with Crippen LogP contribution in [0.3, 0.4) is 0 Å². The lowest BCUT2D eigenvalue weighted by Gasteiger charge is -2.10. The number of carbonyl (C=O) groups excluding carboxylic acids is 2. The fraction of sp³-hybridized carbons (Fsp3) is 0.444. The molecule has 0 unspecified atom stereocenters. The Balaban J connectivity index is 1.43. The maximum atomic E-state index is 12.2. The topological polar surface area (TPSA) is 102 Å². The van der Waals surface area contributed by atoms with Gasteiger partial charge in [0.1, 0.15) is 0 Å². The molecular weight excluding hydrogens is 432 g/mol. The fourth-order valence-electron chi connectivity index (χ4n) is 2.32. The van der Waals surface area contributed by atoms with E-state index in [-0.39, 0.29) is 17.6 Å². The lowest BCUT2D eigenvalue weighted by molar-refractivity contribution is -0.118. The Morgan fingerprint density at radius 2 is 1.76 bits per heavy atom. The average Bonchev–Trinajstić information content (AvgIpc) is 3.05.